The van der Waals surface area contributed by atoms with Crippen LogP contribution in [0, 0.1) is 0 Å². The van der Waals surface area contributed by atoms with E-state index < -0.39 is 11.7 Å². The minimum absolute atomic E-state index is 0.357. The first-order valence-electron chi connectivity index (χ1n) is 6.85. The van der Waals surface area contributed by atoms with E-state index >= 15 is 0 Å². The molecule has 0 aromatic carbocycles. The fraction of sp³-hybridized carbons (Fsp3) is 1.00. The Morgan fingerprint density at radius 2 is 1.65 bits per heavy atom. The van der Waals surface area contributed by atoms with Crippen molar-refractivity contribution in [2.75, 3.05) is 20.3 Å². The number of aliphatic hydroxyl groups is 1. The van der Waals surface area contributed by atoms with Gasteiger partial charge in [0.2, 0.25) is 0 Å². The molecule has 0 aromatic rings. The maximum absolute atomic E-state index is 9.80. The molecule has 1 N–H and O–H groups in total. The summed E-state index contributed by atoms with van der Waals surface area (Å²) in [6.07, 6.45) is 7.00. The monoisotopic (exact) mass is 246 g/mol. The van der Waals surface area contributed by atoms with E-state index in [4.69, 9.17) is 9.47 Å². The molecule has 0 amide bonds. The fourth-order valence-corrected chi connectivity index (χ4v) is 1.52. The van der Waals surface area contributed by atoms with Crippen molar-refractivity contribution in [2.45, 2.75) is 71.0 Å². The Balaban J connectivity index is 3.34. The first-order valence-corrected chi connectivity index (χ1v) is 6.85. The van der Waals surface area contributed by atoms with Crippen molar-refractivity contribution in [3.05, 3.63) is 0 Å². The molecule has 0 radical (unpaired) electrons. The second-order valence-electron chi connectivity index (χ2n) is 5.17. The van der Waals surface area contributed by atoms with Crippen LogP contribution in [0.25, 0.3) is 0 Å². The highest BCUT2D eigenvalue weighted by molar-refractivity contribution is 4.77. The van der Waals surface area contributed by atoms with Gasteiger partial charge in [0, 0.05) is 13.7 Å². The molecular weight excluding hydrogens is 216 g/mol. The van der Waals surface area contributed by atoms with Gasteiger partial charge >= 0.3 is 0 Å². The Labute approximate surface area is 107 Å². The minimum atomic E-state index is -0.562. The predicted molar refractivity (Wildman–Crippen MR) is 71.3 cm³/mol. The van der Waals surface area contributed by atoms with E-state index in [1.54, 1.807) is 7.11 Å². The lowest BCUT2D eigenvalue weighted by Crippen LogP contribution is -2.41. The summed E-state index contributed by atoms with van der Waals surface area (Å²) in [4.78, 5) is 0. The maximum atomic E-state index is 9.80. The van der Waals surface area contributed by atoms with Crippen molar-refractivity contribution in [1.29, 1.82) is 0 Å². The molecule has 0 spiro atoms. The van der Waals surface area contributed by atoms with E-state index in [1.165, 1.54) is 32.1 Å². The van der Waals surface area contributed by atoms with Gasteiger partial charge in [0.1, 0.15) is 6.10 Å². The molecule has 17 heavy (non-hydrogen) atoms. The molecule has 3 heteroatoms. The molecule has 0 saturated carbocycles. The molecular formula is C14H30O3. The average Bonchev–Trinajstić information content (AvgIpc) is 2.32. The minimum Gasteiger partial charge on any atom is -0.388 e. The van der Waals surface area contributed by atoms with Crippen LogP contribution in [0.15, 0.2) is 0 Å². The molecule has 0 aliphatic heterocycles. The molecule has 1 unspecified atom stereocenters. The maximum Gasteiger partial charge on any atom is 0.106 e. The highest BCUT2D eigenvalue weighted by Crippen LogP contribution is 2.14. The number of aliphatic hydroxyl groups excluding tert-OH is 1. The van der Waals surface area contributed by atoms with Crippen LogP contribution in [0.3, 0.4) is 0 Å². The van der Waals surface area contributed by atoms with Crippen LogP contribution >= 0.6 is 0 Å². The van der Waals surface area contributed by atoms with Crippen LogP contribution in [0.5, 0.6) is 0 Å². The van der Waals surface area contributed by atoms with Gasteiger partial charge < -0.3 is 14.6 Å². The van der Waals surface area contributed by atoms with E-state index in [-0.39, 0.29) is 0 Å². The zero-order valence-electron chi connectivity index (χ0n) is 12.0. The normalized spacial score (nSPS) is 13.9. The highest BCUT2D eigenvalue weighted by atomic mass is 16.5. The van der Waals surface area contributed by atoms with Gasteiger partial charge in [-0.15, -0.1) is 0 Å². The molecule has 0 aliphatic carbocycles. The van der Waals surface area contributed by atoms with Crippen molar-refractivity contribution >= 4 is 0 Å². The summed E-state index contributed by atoms with van der Waals surface area (Å²) >= 11 is 0. The summed E-state index contributed by atoms with van der Waals surface area (Å²) in [6.45, 7) is 7.05. The topological polar surface area (TPSA) is 38.7 Å². The van der Waals surface area contributed by atoms with Crippen LogP contribution in [0.1, 0.15) is 59.3 Å². The van der Waals surface area contributed by atoms with Gasteiger partial charge in [-0.1, -0.05) is 39.0 Å². The quantitative estimate of drug-likeness (QED) is 0.569. The number of rotatable bonds is 11. The van der Waals surface area contributed by atoms with Gasteiger partial charge in [-0.05, 0) is 20.3 Å². The molecule has 0 heterocycles. The largest absolute Gasteiger partial charge is 0.388 e. The lowest BCUT2D eigenvalue weighted by Gasteiger charge is -2.28. The SMILES string of the molecule is CCCCCCCCOCC(O)C(C)(C)OC. The number of methoxy groups -OCH3 is 1. The van der Waals surface area contributed by atoms with Crippen LogP contribution in [0.4, 0.5) is 0 Å². The number of hydrogen-bond donors (Lipinski definition) is 1. The van der Waals surface area contributed by atoms with Gasteiger partial charge in [0.15, 0.2) is 0 Å². The van der Waals surface area contributed by atoms with Gasteiger partial charge in [-0.3, -0.25) is 0 Å². The lowest BCUT2D eigenvalue weighted by atomic mass is 10.0. The van der Waals surface area contributed by atoms with Crippen LogP contribution in [-0.2, 0) is 9.47 Å². The summed E-state index contributed by atoms with van der Waals surface area (Å²) in [5.74, 6) is 0. The Hall–Kier alpha value is -0.120. The summed E-state index contributed by atoms with van der Waals surface area (Å²) in [7, 11) is 1.61. The van der Waals surface area contributed by atoms with E-state index in [1.807, 2.05) is 13.8 Å². The molecule has 1 atom stereocenters. The van der Waals surface area contributed by atoms with Crippen LogP contribution in [0.2, 0.25) is 0 Å². The Morgan fingerprint density at radius 1 is 1.06 bits per heavy atom. The molecule has 0 fully saturated rings. The highest BCUT2D eigenvalue weighted by Gasteiger charge is 2.27. The summed E-state index contributed by atoms with van der Waals surface area (Å²) in [5.41, 5.74) is -0.527. The zero-order chi connectivity index (χ0) is 13.1. The third-order valence-corrected chi connectivity index (χ3v) is 3.25. The second-order valence-corrected chi connectivity index (χ2v) is 5.17. The van der Waals surface area contributed by atoms with Crippen LogP contribution < -0.4 is 0 Å². The van der Waals surface area contributed by atoms with Gasteiger partial charge in [-0.25, -0.2) is 0 Å². The molecule has 0 rings (SSSR count). The zero-order valence-corrected chi connectivity index (χ0v) is 12.0. The van der Waals surface area contributed by atoms with E-state index in [2.05, 4.69) is 6.92 Å². The predicted octanol–water partition coefficient (Wildman–Crippen LogP) is 3.15. The smallest absolute Gasteiger partial charge is 0.106 e. The molecule has 0 bridgehead atoms. The molecule has 0 aliphatic rings. The Kier molecular flexibility index (Phi) is 9.79. The number of unbranched alkanes of at least 4 members (excludes halogenated alkanes) is 5. The average molecular weight is 246 g/mol. The van der Waals surface area contributed by atoms with E-state index in [9.17, 15) is 5.11 Å². The third-order valence-electron chi connectivity index (χ3n) is 3.25. The van der Waals surface area contributed by atoms with Crippen molar-refractivity contribution in [3.63, 3.8) is 0 Å². The number of hydrogen-bond acceptors (Lipinski definition) is 3. The second kappa shape index (κ2) is 9.86. The lowest BCUT2D eigenvalue weighted by molar-refractivity contribution is -0.107. The Morgan fingerprint density at radius 3 is 2.24 bits per heavy atom. The van der Waals surface area contributed by atoms with Crippen molar-refractivity contribution in [3.8, 4) is 0 Å². The molecule has 104 valence electrons. The molecule has 0 saturated heterocycles. The van der Waals surface area contributed by atoms with Crippen molar-refractivity contribution in [1.82, 2.24) is 0 Å². The van der Waals surface area contributed by atoms with E-state index in [0.717, 1.165) is 13.0 Å². The van der Waals surface area contributed by atoms with Gasteiger partial charge in [-0.2, -0.15) is 0 Å². The third kappa shape index (κ3) is 8.58. The summed E-state index contributed by atoms with van der Waals surface area (Å²) in [5, 5.41) is 9.80. The van der Waals surface area contributed by atoms with Crippen molar-refractivity contribution in [2.24, 2.45) is 0 Å². The summed E-state index contributed by atoms with van der Waals surface area (Å²) < 4.78 is 10.7. The first-order chi connectivity index (χ1) is 8.04. The number of ether oxygens (including phenoxy) is 2. The van der Waals surface area contributed by atoms with E-state index in [0.29, 0.717) is 6.61 Å². The first kappa shape index (κ1) is 16.9. The standard InChI is InChI=1S/C14H30O3/c1-5-6-7-8-9-10-11-17-12-13(15)14(2,3)16-4/h13,15H,5-12H2,1-4H3. The van der Waals surface area contributed by atoms with Gasteiger partial charge in [0.05, 0.1) is 12.2 Å². The Bertz CT molecular complexity index is 169. The summed E-state index contributed by atoms with van der Waals surface area (Å²) in [6, 6.07) is 0. The van der Waals surface area contributed by atoms with Gasteiger partial charge in [0.25, 0.3) is 0 Å². The van der Waals surface area contributed by atoms with Crippen molar-refractivity contribution < 1.29 is 14.6 Å². The fourth-order valence-electron chi connectivity index (χ4n) is 1.52. The molecule has 0 aromatic heterocycles. The van der Waals surface area contributed by atoms with Crippen LogP contribution in [-0.4, -0.2) is 37.1 Å². The molecule has 3 nitrogen and oxygen atoms in total.